The third-order valence-corrected chi connectivity index (χ3v) is 13.4. The van der Waals surface area contributed by atoms with Crippen molar-refractivity contribution in [3.05, 3.63) is 10.2 Å². The minimum absolute atomic E-state index is 0.138. The summed E-state index contributed by atoms with van der Waals surface area (Å²) < 4.78 is 12.6. The normalized spacial score (nSPS) is 14.3. The van der Waals surface area contributed by atoms with Gasteiger partial charge < -0.3 is 9.16 Å². The first-order valence-electron chi connectivity index (χ1n) is 8.54. The molecule has 23 heavy (non-hydrogen) atoms. The molecule has 0 unspecified atom stereocenters. The molecule has 0 aliphatic carbocycles. The minimum Gasteiger partial charge on any atom is -0.414 e. The SMILES string of the molecule is C=C(I)C[C@H](CO[Si](C)(C)C(C)(C)C)OC.C[SiH](C)C(C)(C)C. The van der Waals surface area contributed by atoms with Gasteiger partial charge in [0.1, 0.15) is 0 Å². The number of hydrogen-bond acceptors (Lipinski definition) is 2. The Morgan fingerprint density at radius 1 is 1.13 bits per heavy atom. The van der Waals surface area contributed by atoms with Gasteiger partial charge in [0.25, 0.3) is 0 Å². The first-order chi connectivity index (χ1) is 10.0. The monoisotopic (exact) mass is 472 g/mol. The van der Waals surface area contributed by atoms with E-state index in [1.165, 1.54) is 0 Å². The molecule has 0 bridgehead atoms. The molecule has 0 aliphatic heterocycles. The van der Waals surface area contributed by atoms with E-state index >= 15 is 0 Å². The Labute approximate surface area is 162 Å². The molecule has 0 saturated heterocycles. The Balaban J connectivity index is 0. The van der Waals surface area contributed by atoms with Crippen molar-refractivity contribution in [3.63, 3.8) is 0 Å². The van der Waals surface area contributed by atoms with Crippen LogP contribution < -0.4 is 0 Å². The molecule has 0 aromatic carbocycles. The van der Waals surface area contributed by atoms with Crippen molar-refractivity contribution in [1.29, 1.82) is 0 Å². The number of methoxy groups -OCH3 is 1. The zero-order valence-electron chi connectivity index (χ0n) is 17.5. The fourth-order valence-electron chi connectivity index (χ4n) is 0.975. The highest BCUT2D eigenvalue weighted by molar-refractivity contribution is 14.1. The lowest BCUT2D eigenvalue weighted by molar-refractivity contribution is 0.0551. The molecule has 0 heterocycles. The predicted molar refractivity (Wildman–Crippen MR) is 120 cm³/mol. The molecule has 0 saturated carbocycles. The van der Waals surface area contributed by atoms with Crippen LogP contribution in [0.3, 0.4) is 0 Å². The molecule has 0 N–H and O–H groups in total. The van der Waals surface area contributed by atoms with Crippen molar-refractivity contribution in [3.8, 4) is 0 Å². The van der Waals surface area contributed by atoms with E-state index in [9.17, 15) is 0 Å². The number of ether oxygens (including phenoxy) is 1. The lowest BCUT2D eigenvalue weighted by Crippen LogP contribution is -2.42. The fourth-order valence-corrected chi connectivity index (χ4v) is 2.50. The summed E-state index contributed by atoms with van der Waals surface area (Å²) in [5, 5.41) is 0.895. The van der Waals surface area contributed by atoms with E-state index in [4.69, 9.17) is 9.16 Å². The van der Waals surface area contributed by atoms with E-state index in [0.717, 1.165) is 10.0 Å². The molecular weight excluding hydrogens is 431 g/mol. The first kappa shape index (κ1) is 26.1. The standard InChI is InChI=1S/C12H25IO2Si.C6H16Si/c1-10(13)8-11(14-5)9-15-16(6,7)12(2,3)4;1-6(2,3)7(4)5/h11H,1,8-9H2,2-7H3;7H,1-5H3/t11-;/m1./s1. The van der Waals surface area contributed by atoms with Crippen LogP contribution in [0.15, 0.2) is 10.2 Å². The zero-order chi connectivity index (χ0) is 19.1. The number of halogens is 1. The van der Waals surface area contributed by atoms with Gasteiger partial charge in [0.2, 0.25) is 0 Å². The molecular formula is C18H41IO2Si2. The maximum atomic E-state index is 6.12. The van der Waals surface area contributed by atoms with Gasteiger partial charge in [-0.3, -0.25) is 0 Å². The summed E-state index contributed by atoms with van der Waals surface area (Å²) in [6.07, 6.45) is 1.00. The van der Waals surface area contributed by atoms with Gasteiger partial charge in [-0.05, 0) is 49.3 Å². The van der Waals surface area contributed by atoms with E-state index in [-0.39, 0.29) is 19.9 Å². The predicted octanol–water partition coefficient (Wildman–Crippen LogP) is 6.64. The van der Waals surface area contributed by atoms with Crippen molar-refractivity contribution in [2.45, 2.75) is 90.3 Å². The lowest BCUT2D eigenvalue weighted by atomic mass is 10.2. The lowest BCUT2D eigenvalue weighted by Gasteiger charge is -2.37. The van der Waals surface area contributed by atoms with Crippen LogP contribution in [-0.2, 0) is 9.16 Å². The molecule has 0 rings (SSSR count). The van der Waals surface area contributed by atoms with Crippen LogP contribution in [-0.4, -0.2) is 36.9 Å². The molecule has 1 atom stereocenters. The highest BCUT2D eigenvalue weighted by atomic mass is 127. The summed E-state index contributed by atoms with van der Waals surface area (Å²) in [6, 6.07) is 0. The largest absolute Gasteiger partial charge is 0.414 e. The fraction of sp³-hybridized carbons (Fsp3) is 0.889. The molecule has 0 radical (unpaired) electrons. The number of rotatable bonds is 6. The van der Waals surface area contributed by atoms with Gasteiger partial charge in [0.15, 0.2) is 8.32 Å². The van der Waals surface area contributed by atoms with E-state index in [2.05, 4.69) is 96.9 Å². The summed E-state index contributed by atoms with van der Waals surface area (Å²) in [4.78, 5) is 0. The van der Waals surface area contributed by atoms with Gasteiger partial charge in [0, 0.05) is 22.3 Å². The highest BCUT2D eigenvalue weighted by Crippen LogP contribution is 2.36. The third kappa shape index (κ3) is 12.8. The van der Waals surface area contributed by atoms with Gasteiger partial charge in [-0.25, -0.2) is 0 Å². The van der Waals surface area contributed by atoms with E-state index in [0.29, 0.717) is 11.6 Å². The summed E-state index contributed by atoms with van der Waals surface area (Å²) in [5.41, 5.74) is 0. The van der Waals surface area contributed by atoms with Crippen LogP contribution in [0.4, 0.5) is 0 Å². The van der Waals surface area contributed by atoms with Gasteiger partial charge in [-0.15, -0.1) is 0 Å². The van der Waals surface area contributed by atoms with Gasteiger partial charge >= 0.3 is 0 Å². The molecule has 0 aromatic heterocycles. The van der Waals surface area contributed by atoms with Crippen LogP contribution in [0.5, 0.6) is 0 Å². The maximum Gasteiger partial charge on any atom is 0.192 e. The average Bonchev–Trinajstić information content (AvgIpc) is 2.32. The zero-order valence-corrected chi connectivity index (χ0v) is 21.8. The molecule has 0 fully saturated rings. The van der Waals surface area contributed by atoms with Gasteiger partial charge in [0.05, 0.1) is 12.7 Å². The summed E-state index contributed by atoms with van der Waals surface area (Å²) in [6.45, 7) is 27.6. The maximum absolute atomic E-state index is 6.12. The molecule has 0 aromatic rings. The Morgan fingerprint density at radius 3 is 1.74 bits per heavy atom. The van der Waals surface area contributed by atoms with Crippen molar-refractivity contribution in [2.24, 2.45) is 0 Å². The molecule has 2 nitrogen and oxygen atoms in total. The Hall–Kier alpha value is 0.824. The second-order valence-corrected chi connectivity index (χ2v) is 19.5. The van der Waals surface area contributed by atoms with Gasteiger partial charge in [-0.2, -0.15) is 0 Å². The molecule has 0 spiro atoms. The van der Waals surface area contributed by atoms with Crippen molar-refractivity contribution >= 4 is 39.7 Å². The minimum atomic E-state index is -1.65. The quantitative estimate of drug-likeness (QED) is 0.319. The van der Waals surface area contributed by atoms with Crippen LogP contribution in [0.25, 0.3) is 0 Å². The Bertz CT molecular complexity index is 342. The third-order valence-electron chi connectivity index (χ3n) is 4.95. The molecule has 5 heteroatoms. The molecule has 140 valence electrons. The summed E-state index contributed by atoms with van der Waals surface area (Å²) in [5.74, 6) is 0. The van der Waals surface area contributed by atoms with Crippen LogP contribution >= 0.6 is 22.6 Å². The van der Waals surface area contributed by atoms with Crippen LogP contribution in [0, 0.1) is 0 Å². The van der Waals surface area contributed by atoms with E-state index < -0.39 is 8.32 Å². The smallest absolute Gasteiger partial charge is 0.192 e. The van der Waals surface area contributed by atoms with E-state index in [1.54, 1.807) is 7.11 Å². The van der Waals surface area contributed by atoms with Crippen molar-refractivity contribution < 1.29 is 9.16 Å². The number of hydrogen-bond donors (Lipinski definition) is 0. The van der Waals surface area contributed by atoms with Crippen molar-refractivity contribution in [1.82, 2.24) is 0 Å². The Morgan fingerprint density at radius 2 is 1.52 bits per heavy atom. The second-order valence-electron chi connectivity index (χ2n) is 9.17. The average molecular weight is 473 g/mol. The molecule has 0 aliphatic rings. The molecule has 0 amide bonds. The van der Waals surface area contributed by atoms with E-state index in [1.807, 2.05) is 0 Å². The van der Waals surface area contributed by atoms with Crippen LogP contribution in [0.2, 0.25) is 36.3 Å². The Kier molecular flexibility index (Phi) is 12.2. The topological polar surface area (TPSA) is 18.5 Å². The van der Waals surface area contributed by atoms with Crippen molar-refractivity contribution in [2.75, 3.05) is 13.7 Å². The summed E-state index contributed by atoms with van der Waals surface area (Å²) in [7, 11) is -0.271. The first-order valence-corrected chi connectivity index (χ1v) is 15.4. The highest BCUT2D eigenvalue weighted by Gasteiger charge is 2.37. The van der Waals surface area contributed by atoms with Gasteiger partial charge in [-0.1, -0.05) is 61.2 Å². The second kappa shape index (κ2) is 10.7. The summed E-state index contributed by atoms with van der Waals surface area (Å²) >= 11 is 2.24. The van der Waals surface area contributed by atoms with Crippen LogP contribution in [0.1, 0.15) is 48.0 Å².